The van der Waals surface area contributed by atoms with E-state index in [-0.39, 0.29) is 6.71 Å². The molecule has 0 aliphatic carbocycles. The van der Waals surface area contributed by atoms with Gasteiger partial charge in [-0.3, -0.25) is 0 Å². The van der Waals surface area contributed by atoms with Gasteiger partial charge in [-0.05, 0) is 108 Å². The maximum Gasteiger partial charge on any atom is 0.252 e. The van der Waals surface area contributed by atoms with Gasteiger partial charge in [-0.2, -0.15) is 0 Å². The van der Waals surface area contributed by atoms with Crippen LogP contribution in [0.3, 0.4) is 0 Å². The fourth-order valence-electron chi connectivity index (χ4n) is 6.58. The van der Waals surface area contributed by atoms with E-state index >= 15 is 0 Å². The van der Waals surface area contributed by atoms with E-state index in [4.69, 9.17) is 0 Å². The zero-order chi connectivity index (χ0) is 26.8. The van der Waals surface area contributed by atoms with Gasteiger partial charge in [0, 0.05) is 34.1 Å². The van der Waals surface area contributed by atoms with E-state index in [2.05, 4.69) is 148 Å². The number of benzene rings is 5. The van der Waals surface area contributed by atoms with E-state index in [9.17, 15) is 0 Å². The summed E-state index contributed by atoms with van der Waals surface area (Å²) in [6.07, 6.45) is 0. The summed E-state index contributed by atoms with van der Waals surface area (Å²) in [4.78, 5) is 5.00. The first-order valence-corrected chi connectivity index (χ1v) is 14.0. The van der Waals surface area contributed by atoms with Crippen LogP contribution >= 0.6 is 0 Å². The molecule has 2 aliphatic rings. The van der Waals surface area contributed by atoms with E-state index in [0.717, 1.165) is 0 Å². The Bertz CT molecular complexity index is 1710. The Morgan fingerprint density at radius 3 is 1.56 bits per heavy atom. The first kappa shape index (κ1) is 23.9. The van der Waals surface area contributed by atoms with Crippen molar-refractivity contribution in [2.75, 3.05) is 9.80 Å². The van der Waals surface area contributed by atoms with Gasteiger partial charge in [-0.25, -0.2) is 0 Å². The fourth-order valence-corrected chi connectivity index (χ4v) is 6.58. The van der Waals surface area contributed by atoms with Crippen LogP contribution in [0, 0.1) is 20.8 Å². The molecule has 2 nitrogen and oxygen atoms in total. The number of anilines is 6. The molecular weight excluding hydrogens is 471 g/mol. The Hall–Kier alpha value is -4.24. The quantitative estimate of drug-likeness (QED) is 0.227. The smallest absolute Gasteiger partial charge is 0.252 e. The molecule has 0 amide bonds. The minimum Gasteiger partial charge on any atom is -0.311 e. The zero-order valence-corrected chi connectivity index (χ0v) is 23.4. The molecule has 7 rings (SSSR count). The van der Waals surface area contributed by atoms with Crippen molar-refractivity contribution in [1.82, 2.24) is 0 Å². The Morgan fingerprint density at radius 2 is 1.03 bits per heavy atom. The number of para-hydroxylation sites is 2. The van der Waals surface area contributed by atoms with Crippen molar-refractivity contribution in [3.05, 3.63) is 125 Å². The minimum absolute atomic E-state index is 0.174. The monoisotopic (exact) mass is 504 g/mol. The van der Waals surface area contributed by atoms with Crippen molar-refractivity contribution in [2.24, 2.45) is 0 Å². The summed E-state index contributed by atoms with van der Waals surface area (Å²) in [5.41, 5.74) is 16.8. The Kier molecular flexibility index (Phi) is 5.45. The van der Waals surface area contributed by atoms with Crippen molar-refractivity contribution >= 4 is 57.2 Å². The molecule has 0 fully saturated rings. The van der Waals surface area contributed by atoms with Crippen LogP contribution in [0.5, 0.6) is 0 Å². The number of hydrogen-bond acceptors (Lipinski definition) is 2. The molecule has 190 valence electrons. The molecule has 0 spiro atoms. The third kappa shape index (κ3) is 3.71. The molecule has 0 atom stereocenters. The summed E-state index contributed by atoms with van der Waals surface area (Å²) in [5.74, 6) is 0.403. The van der Waals surface area contributed by atoms with E-state index in [1.54, 1.807) is 0 Å². The lowest BCUT2D eigenvalue weighted by molar-refractivity contribution is 0.866. The number of fused-ring (bicyclic) bond motifs is 4. The predicted molar refractivity (Wildman–Crippen MR) is 169 cm³/mol. The molecule has 3 heteroatoms. The molecule has 0 bridgehead atoms. The van der Waals surface area contributed by atoms with Gasteiger partial charge in [-0.15, -0.1) is 0 Å². The first-order chi connectivity index (χ1) is 18.9. The van der Waals surface area contributed by atoms with Crippen molar-refractivity contribution < 1.29 is 0 Å². The topological polar surface area (TPSA) is 6.48 Å². The van der Waals surface area contributed by atoms with Crippen molar-refractivity contribution in [3.63, 3.8) is 0 Å². The Morgan fingerprint density at radius 1 is 0.513 bits per heavy atom. The molecule has 0 saturated carbocycles. The second-order valence-corrected chi connectivity index (χ2v) is 11.5. The molecule has 0 unspecified atom stereocenters. The number of hydrogen-bond donors (Lipinski definition) is 0. The van der Waals surface area contributed by atoms with Crippen LogP contribution in [0.1, 0.15) is 42.0 Å². The third-order valence-electron chi connectivity index (χ3n) is 8.33. The molecule has 0 N–H and O–H groups in total. The Labute approximate surface area is 232 Å². The highest BCUT2D eigenvalue weighted by molar-refractivity contribution is 7.00. The highest BCUT2D eigenvalue weighted by atomic mass is 15.2. The number of rotatable bonds is 3. The van der Waals surface area contributed by atoms with E-state index in [1.165, 1.54) is 72.8 Å². The van der Waals surface area contributed by atoms with E-state index in [0.29, 0.717) is 5.92 Å². The molecule has 2 aliphatic heterocycles. The second-order valence-electron chi connectivity index (χ2n) is 11.5. The van der Waals surface area contributed by atoms with Gasteiger partial charge < -0.3 is 9.80 Å². The second kappa shape index (κ2) is 8.91. The lowest BCUT2D eigenvalue weighted by Gasteiger charge is -2.44. The fraction of sp³-hybridized carbons (Fsp3) is 0.167. The van der Waals surface area contributed by atoms with Crippen LogP contribution in [0.2, 0.25) is 0 Å². The summed E-state index contributed by atoms with van der Waals surface area (Å²) < 4.78 is 0. The predicted octanol–water partition coefficient (Wildman–Crippen LogP) is 7.82. The lowest BCUT2D eigenvalue weighted by Crippen LogP contribution is -2.61. The standard InChI is InChI=1S/C36H33BN2/c1-23(2)27-21-34-36-35(22-27)39(29-19-25(4)18-26(5)20-29)33-13-9-7-11-31(33)37(36)30-10-6-8-12-32(30)38(34)28-16-14-24(3)15-17-28/h6-23H,1-5H3. The number of aryl methyl sites for hydroxylation is 3. The van der Waals surface area contributed by atoms with Crippen LogP contribution < -0.4 is 26.2 Å². The van der Waals surface area contributed by atoms with E-state index in [1.807, 2.05) is 0 Å². The van der Waals surface area contributed by atoms with Crippen LogP contribution in [-0.4, -0.2) is 6.71 Å². The molecule has 39 heavy (non-hydrogen) atoms. The van der Waals surface area contributed by atoms with Crippen LogP contribution in [0.15, 0.2) is 103 Å². The molecule has 2 heterocycles. The van der Waals surface area contributed by atoms with Crippen molar-refractivity contribution in [3.8, 4) is 0 Å². The van der Waals surface area contributed by atoms with E-state index < -0.39 is 0 Å². The van der Waals surface area contributed by atoms with Gasteiger partial charge in [0.1, 0.15) is 0 Å². The summed E-state index contributed by atoms with van der Waals surface area (Å²) in [7, 11) is 0. The van der Waals surface area contributed by atoms with Crippen LogP contribution in [-0.2, 0) is 0 Å². The Balaban J connectivity index is 1.61. The maximum atomic E-state index is 2.51. The largest absolute Gasteiger partial charge is 0.311 e. The minimum atomic E-state index is 0.174. The first-order valence-electron chi connectivity index (χ1n) is 14.0. The van der Waals surface area contributed by atoms with Gasteiger partial charge in [0.25, 0.3) is 6.71 Å². The third-order valence-corrected chi connectivity index (χ3v) is 8.33. The zero-order valence-electron chi connectivity index (χ0n) is 23.4. The van der Waals surface area contributed by atoms with Gasteiger partial charge in [0.15, 0.2) is 0 Å². The average Bonchev–Trinajstić information content (AvgIpc) is 2.92. The SMILES string of the molecule is Cc1ccc(N2c3ccccc3B3c4ccccc4N(c4cc(C)cc(C)c4)c4cc(C(C)C)cc2c43)cc1. The molecule has 0 saturated heterocycles. The molecule has 0 radical (unpaired) electrons. The van der Waals surface area contributed by atoms with Gasteiger partial charge >= 0.3 is 0 Å². The summed E-state index contributed by atoms with van der Waals surface area (Å²) in [6, 6.07) is 38.8. The maximum absolute atomic E-state index is 2.51. The normalized spacial score (nSPS) is 13.3. The van der Waals surface area contributed by atoms with Crippen LogP contribution in [0.25, 0.3) is 0 Å². The average molecular weight is 504 g/mol. The summed E-state index contributed by atoms with van der Waals surface area (Å²) in [6.45, 7) is 11.3. The highest BCUT2D eigenvalue weighted by Gasteiger charge is 2.43. The molecular formula is C36H33BN2. The lowest BCUT2D eigenvalue weighted by atomic mass is 9.33. The van der Waals surface area contributed by atoms with Crippen molar-refractivity contribution in [2.45, 2.75) is 40.5 Å². The molecule has 5 aromatic carbocycles. The highest BCUT2D eigenvalue weighted by Crippen LogP contribution is 2.45. The number of nitrogens with zero attached hydrogens (tertiary/aromatic N) is 2. The van der Waals surface area contributed by atoms with Crippen molar-refractivity contribution in [1.29, 1.82) is 0 Å². The van der Waals surface area contributed by atoms with Gasteiger partial charge in [0.2, 0.25) is 0 Å². The summed E-state index contributed by atoms with van der Waals surface area (Å²) in [5, 5.41) is 0. The van der Waals surface area contributed by atoms with Gasteiger partial charge in [-0.1, -0.05) is 74.0 Å². The summed E-state index contributed by atoms with van der Waals surface area (Å²) >= 11 is 0. The molecule has 0 aromatic heterocycles. The van der Waals surface area contributed by atoms with Crippen LogP contribution in [0.4, 0.5) is 34.1 Å². The molecule has 5 aromatic rings. The van der Waals surface area contributed by atoms with Gasteiger partial charge in [0.05, 0.1) is 0 Å².